The van der Waals surface area contributed by atoms with Crippen molar-refractivity contribution < 1.29 is 13.2 Å². The first kappa shape index (κ1) is 12.8. The van der Waals surface area contributed by atoms with Crippen LogP contribution in [0, 0.1) is 5.92 Å². The van der Waals surface area contributed by atoms with Crippen molar-refractivity contribution in [3.63, 3.8) is 0 Å². The molecule has 0 aromatic carbocycles. The molecule has 1 saturated carbocycles. The molecule has 2 N–H and O–H groups in total. The molecule has 0 aromatic rings. The van der Waals surface area contributed by atoms with Crippen LogP contribution < -0.4 is 5.73 Å². The van der Waals surface area contributed by atoms with E-state index >= 15 is 0 Å². The minimum atomic E-state index is -3.53. The molecule has 2 fully saturated rings. The first-order valence-electron chi connectivity index (χ1n) is 5.59. The average molecular weight is 276 g/mol. The number of thiocarbonyl (C=S) groups is 1. The molecule has 0 bridgehead atoms. The third-order valence-electron chi connectivity index (χ3n) is 3.77. The summed E-state index contributed by atoms with van der Waals surface area (Å²) in [5.41, 5.74) is 5.60. The van der Waals surface area contributed by atoms with Crippen molar-refractivity contribution >= 4 is 33.1 Å². The van der Waals surface area contributed by atoms with Gasteiger partial charge in [-0.05, 0) is 26.7 Å². The lowest BCUT2D eigenvalue weighted by Gasteiger charge is -2.47. The molecule has 2 atom stereocenters. The summed E-state index contributed by atoms with van der Waals surface area (Å²) in [6.45, 7) is 2.87. The maximum Gasteiger partial charge on any atom is 0.259 e. The zero-order valence-electron chi connectivity index (χ0n) is 9.84. The number of carbonyl (C=O) groups excluding carboxylic acids is 1. The summed E-state index contributed by atoms with van der Waals surface area (Å²) in [5, 5.41) is 0. The van der Waals surface area contributed by atoms with Crippen LogP contribution in [0.1, 0.15) is 33.1 Å². The second-order valence-electron chi connectivity index (χ2n) is 5.12. The standard InChI is InChI=1S/C10H16N2O3S2/c1-10(2)9(13)12(17(10,14)15)7-5-3-4-6(7)8(11)16/h6-7H,3-5H2,1-2H3,(H2,11,16). The van der Waals surface area contributed by atoms with Crippen molar-refractivity contribution in [2.75, 3.05) is 0 Å². The van der Waals surface area contributed by atoms with Crippen LogP contribution in [0.2, 0.25) is 0 Å². The number of sulfonamides is 1. The molecule has 0 radical (unpaired) electrons. The lowest BCUT2D eigenvalue weighted by Crippen LogP contribution is -2.70. The van der Waals surface area contributed by atoms with Crippen molar-refractivity contribution in [2.45, 2.75) is 43.9 Å². The maximum atomic E-state index is 12.1. The van der Waals surface area contributed by atoms with Gasteiger partial charge in [-0.2, -0.15) is 0 Å². The van der Waals surface area contributed by atoms with E-state index in [1.165, 1.54) is 13.8 Å². The molecular formula is C10H16N2O3S2. The summed E-state index contributed by atoms with van der Waals surface area (Å²) < 4.78 is 23.8. The average Bonchev–Trinajstić information content (AvgIpc) is 2.65. The highest BCUT2D eigenvalue weighted by Gasteiger charge is 2.63. The van der Waals surface area contributed by atoms with Gasteiger partial charge in [-0.1, -0.05) is 18.6 Å². The van der Waals surface area contributed by atoms with E-state index in [1.54, 1.807) is 0 Å². The highest BCUT2D eigenvalue weighted by Crippen LogP contribution is 2.42. The third-order valence-corrected chi connectivity index (χ3v) is 6.49. The highest BCUT2D eigenvalue weighted by atomic mass is 32.2. The summed E-state index contributed by atoms with van der Waals surface area (Å²) in [5.74, 6) is -0.509. The zero-order chi connectivity index (χ0) is 13.0. The molecule has 2 aliphatic rings. The number of nitrogens with zero attached hydrogens (tertiary/aromatic N) is 1. The van der Waals surface area contributed by atoms with Gasteiger partial charge in [0.25, 0.3) is 15.9 Å². The minimum absolute atomic E-state index is 0.167. The third kappa shape index (κ3) is 1.52. The van der Waals surface area contributed by atoms with E-state index in [1.807, 2.05) is 0 Å². The molecule has 1 aliphatic heterocycles. The fraction of sp³-hybridized carbons (Fsp3) is 0.800. The quantitative estimate of drug-likeness (QED) is 0.738. The van der Waals surface area contributed by atoms with Crippen LogP contribution >= 0.6 is 12.2 Å². The molecule has 1 aliphatic carbocycles. The Bertz CT molecular complexity index is 484. The van der Waals surface area contributed by atoms with Crippen molar-refractivity contribution in [3.05, 3.63) is 0 Å². The van der Waals surface area contributed by atoms with E-state index in [0.29, 0.717) is 11.4 Å². The van der Waals surface area contributed by atoms with E-state index in [0.717, 1.165) is 17.1 Å². The lowest BCUT2D eigenvalue weighted by atomic mass is 10.0. The van der Waals surface area contributed by atoms with Gasteiger partial charge in [0.15, 0.2) is 4.75 Å². The summed E-state index contributed by atoms with van der Waals surface area (Å²) >= 11 is 4.94. The summed E-state index contributed by atoms with van der Waals surface area (Å²) in [7, 11) is -3.53. The Labute approximate surface area is 106 Å². The first-order valence-corrected chi connectivity index (χ1v) is 7.44. The molecule has 1 amide bonds. The van der Waals surface area contributed by atoms with Crippen LogP contribution in [-0.2, 0) is 14.8 Å². The van der Waals surface area contributed by atoms with Crippen molar-refractivity contribution in [3.8, 4) is 0 Å². The largest absolute Gasteiger partial charge is 0.393 e. The zero-order valence-corrected chi connectivity index (χ0v) is 11.5. The Balaban J connectivity index is 2.32. The number of nitrogens with two attached hydrogens (primary N) is 1. The van der Waals surface area contributed by atoms with Crippen LogP contribution in [0.4, 0.5) is 0 Å². The van der Waals surface area contributed by atoms with Gasteiger partial charge in [0, 0.05) is 5.92 Å². The van der Waals surface area contributed by atoms with Gasteiger partial charge in [-0.15, -0.1) is 0 Å². The number of amides is 1. The Morgan fingerprint density at radius 3 is 2.53 bits per heavy atom. The van der Waals surface area contributed by atoms with Crippen molar-refractivity contribution in [1.82, 2.24) is 4.31 Å². The monoisotopic (exact) mass is 276 g/mol. The Morgan fingerprint density at radius 1 is 1.47 bits per heavy atom. The fourth-order valence-electron chi connectivity index (χ4n) is 2.57. The first-order chi connectivity index (χ1) is 7.71. The Morgan fingerprint density at radius 2 is 2.06 bits per heavy atom. The second-order valence-corrected chi connectivity index (χ2v) is 7.96. The SMILES string of the molecule is CC1(C)C(=O)N(C2CCCC2C(N)=S)S1(=O)=O. The molecule has 96 valence electrons. The van der Waals surface area contributed by atoms with Gasteiger partial charge < -0.3 is 5.73 Å². The predicted octanol–water partition coefficient (Wildman–Crippen LogP) is 0.392. The van der Waals surface area contributed by atoms with Gasteiger partial charge in [-0.3, -0.25) is 4.79 Å². The number of hydrogen-bond acceptors (Lipinski definition) is 4. The molecule has 1 heterocycles. The van der Waals surface area contributed by atoms with E-state index in [2.05, 4.69) is 0 Å². The summed E-state index contributed by atoms with van der Waals surface area (Å²) in [4.78, 5) is 12.2. The molecule has 17 heavy (non-hydrogen) atoms. The number of hydrogen-bond donors (Lipinski definition) is 1. The van der Waals surface area contributed by atoms with Crippen LogP contribution in [0.5, 0.6) is 0 Å². The van der Waals surface area contributed by atoms with Gasteiger partial charge >= 0.3 is 0 Å². The minimum Gasteiger partial charge on any atom is -0.393 e. The van der Waals surface area contributed by atoms with E-state index in [4.69, 9.17) is 18.0 Å². The molecule has 2 rings (SSSR count). The smallest absolute Gasteiger partial charge is 0.259 e. The van der Waals surface area contributed by atoms with E-state index < -0.39 is 14.8 Å². The van der Waals surface area contributed by atoms with Gasteiger partial charge in [-0.25, -0.2) is 12.7 Å². The highest BCUT2D eigenvalue weighted by molar-refractivity contribution is 7.94. The molecule has 2 unspecified atom stereocenters. The topological polar surface area (TPSA) is 80.5 Å². The number of rotatable bonds is 2. The van der Waals surface area contributed by atoms with Gasteiger partial charge in [0.1, 0.15) is 0 Å². The molecular weight excluding hydrogens is 260 g/mol. The Kier molecular flexibility index (Phi) is 2.74. The normalized spacial score (nSPS) is 34.5. The van der Waals surface area contributed by atoms with Crippen molar-refractivity contribution in [1.29, 1.82) is 0 Å². The van der Waals surface area contributed by atoms with E-state index in [-0.39, 0.29) is 17.9 Å². The van der Waals surface area contributed by atoms with Crippen LogP contribution in [0.15, 0.2) is 0 Å². The molecule has 0 spiro atoms. The fourth-order valence-corrected chi connectivity index (χ4v) is 4.58. The number of carbonyl (C=O) groups is 1. The summed E-state index contributed by atoms with van der Waals surface area (Å²) in [6, 6.07) is -0.363. The maximum absolute atomic E-state index is 12.1. The van der Waals surface area contributed by atoms with Crippen LogP contribution in [0.3, 0.4) is 0 Å². The molecule has 0 aromatic heterocycles. The summed E-state index contributed by atoms with van der Waals surface area (Å²) in [6.07, 6.45) is 2.27. The molecule has 5 nitrogen and oxygen atoms in total. The van der Waals surface area contributed by atoms with Crippen LogP contribution in [-0.4, -0.2) is 34.4 Å². The Hall–Kier alpha value is -0.690. The molecule has 7 heteroatoms. The second kappa shape index (κ2) is 3.65. The molecule has 1 saturated heterocycles. The van der Waals surface area contributed by atoms with Crippen LogP contribution in [0.25, 0.3) is 0 Å². The van der Waals surface area contributed by atoms with Gasteiger partial charge in [0.05, 0.1) is 11.0 Å². The predicted molar refractivity (Wildman–Crippen MR) is 67.8 cm³/mol. The van der Waals surface area contributed by atoms with Gasteiger partial charge in [0.2, 0.25) is 0 Å². The van der Waals surface area contributed by atoms with Crippen molar-refractivity contribution in [2.24, 2.45) is 11.7 Å². The van der Waals surface area contributed by atoms with E-state index in [9.17, 15) is 13.2 Å². The lowest BCUT2D eigenvalue weighted by molar-refractivity contribution is -0.134.